The first-order valence-electron chi connectivity index (χ1n) is 9.34. The molecule has 0 aromatic heterocycles. The standard InChI is InChI=1S/C10H15FO.C3H8.4C2H6/c1-5-7-10(9(11)6-2)12-8(3)4;1-3-2;4*1-2/h5-8H,2H2,1,3-4H3;3H2,1-2H3;4*1-2H3/b7-5-,10-9-;;;;;. The first-order valence-corrected chi connectivity index (χ1v) is 9.34. The summed E-state index contributed by atoms with van der Waals surface area (Å²) in [4.78, 5) is 0. The van der Waals surface area contributed by atoms with E-state index in [0.29, 0.717) is 0 Å². The van der Waals surface area contributed by atoms with Crippen LogP contribution >= 0.6 is 0 Å². The molecule has 0 aromatic carbocycles. The average Bonchev–Trinajstić information content (AvgIpc) is 2.61. The summed E-state index contributed by atoms with van der Waals surface area (Å²) >= 11 is 0. The van der Waals surface area contributed by atoms with Crippen molar-refractivity contribution in [1.29, 1.82) is 0 Å². The SMILES string of the molecule is C=C/C(F)=C(\C=C/C)OC(C)C.CC.CC.CC.CC.CCC. The van der Waals surface area contributed by atoms with Crippen molar-refractivity contribution in [2.24, 2.45) is 0 Å². The number of hydrogen-bond donors (Lipinski definition) is 0. The summed E-state index contributed by atoms with van der Waals surface area (Å²) in [7, 11) is 0. The minimum Gasteiger partial charge on any atom is -0.488 e. The van der Waals surface area contributed by atoms with Gasteiger partial charge in [-0.05, 0) is 32.9 Å². The smallest absolute Gasteiger partial charge is 0.164 e. The minimum atomic E-state index is -0.429. The highest BCUT2D eigenvalue weighted by Crippen LogP contribution is 2.12. The van der Waals surface area contributed by atoms with Gasteiger partial charge in [-0.1, -0.05) is 88.3 Å². The van der Waals surface area contributed by atoms with Crippen LogP contribution in [-0.4, -0.2) is 6.10 Å². The lowest BCUT2D eigenvalue weighted by Gasteiger charge is -2.10. The van der Waals surface area contributed by atoms with E-state index in [1.54, 1.807) is 19.1 Å². The summed E-state index contributed by atoms with van der Waals surface area (Å²) < 4.78 is 18.1. The van der Waals surface area contributed by atoms with Crippen LogP contribution in [0.2, 0.25) is 0 Å². The molecule has 0 spiro atoms. The summed E-state index contributed by atoms with van der Waals surface area (Å²) in [5.74, 6) is -0.190. The molecule has 0 bridgehead atoms. The van der Waals surface area contributed by atoms with Crippen LogP contribution in [0.1, 0.15) is 96.4 Å². The van der Waals surface area contributed by atoms with Crippen LogP contribution in [0.5, 0.6) is 0 Å². The second-order valence-electron chi connectivity index (χ2n) is 3.29. The van der Waals surface area contributed by atoms with Crippen molar-refractivity contribution in [2.45, 2.75) is 103 Å². The van der Waals surface area contributed by atoms with Crippen molar-refractivity contribution in [3.8, 4) is 0 Å². The average molecular weight is 335 g/mol. The van der Waals surface area contributed by atoms with Crippen LogP contribution in [0.15, 0.2) is 36.4 Å². The van der Waals surface area contributed by atoms with Crippen molar-refractivity contribution in [1.82, 2.24) is 0 Å². The number of allylic oxidation sites excluding steroid dienone is 4. The van der Waals surface area contributed by atoms with Gasteiger partial charge >= 0.3 is 0 Å². The second kappa shape index (κ2) is 49.7. The molecule has 144 valence electrons. The number of rotatable bonds is 4. The maximum atomic E-state index is 12.9. The van der Waals surface area contributed by atoms with Crippen molar-refractivity contribution in [3.05, 3.63) is 36.4 Å². The summed E-state index contributed by atoms with van der Waals surface area (Å²) in [5.41, 5.74) is 0. The molecule has 0 aromatic rings. The van der Waals surface area contributed by atoms with Crippen LogP contribution in [0, 0.1) is 0 Å². The van der Waals surface area contributed by atoms with Gasteiger partial charge in [0, 0.05) is 0 Å². The molecule has 0 atom stereocenters. The molecule has 0 amide bonds. The lowest BCUT2D eigenvalue weighted by molar-refractivity contribution is 0.151. The number of ether oxygens (including phenoxy) is 1. The zero-order chi connectivity index (χ0) is 20.3. The summed E-state index contributed by atoms with van der Waals surface area (Å²) in [5, 5.41) is 0. The Bertz CT molecular complexity index is 216. The molecule has 0 aliphatic rings. The Hall–Kier alpha value is -1.05. The quantitative estimate of drug-likeness (QED) is 0.368. The first kappa shape index (κ1) is 37.9. The predicted molar refractivity (Wildman–Crippen MR) is 111 cm³/mol. The normalized spacial score (nSPS) is 8.83. The van der Waals surface area contributed by atoms with Crippen molar-refractivity contribution in [3.63, 3.8) is 0 Å². The maximum absolute atomic E-state index is 12.9. The van der Waals surface area contributed by atoms with Crippen molar-refractivity contribution in [2.75, 3.05) is 0 Å². The minimum absolute atomic E-state index is 0.0260. The van der Waals surface area contributed by atoms with Crippen LogP contribution in [-0.2, 0) is 4.74 Å². The number of hydrogen-bond acceptors (Lipinski definition) is 1. The van der Waals surface area contributed by atoms with E-state index in [1.807, 2.05) is 69.2 Å². The third-order valence-corrected chi connectivity index (χ3v) is 1.10. The monoisotopic (exact) mass is 334 g/mol. The van der Waals surface area contributed by atoms with E-state index in [0.717, 1.165) is 6.08 Å². The molecule has 0 fully saturated rings. The lowest BCUT2D eigenvalue weighted by Crippen LogP contribution is -2.01. The summed E-state index contributed by atoms with van der Waals surface area (Å²) in [6, 6.07) is 0. The Kier molecular flexibility index (Phi) is 81.9. The highest BCUT2D eigenvalue weighted by Gasteiger charge is 2.02. The molecule has 0 radical (unpaired) electrons. The van der Waals surface area contributed by atoms with E-state index in [4.69, 9.17) is 4.74 Å². The van der Waals surface area contributed by atoms with E-state index >= 15 is 0 Å². The van der Waals surface area contributed by atoms with Crippen LogP contribution in [0.3, 0.4) is 0 Å². The summed E-state index contributed by atoms with van der Waals surface area (Å²) in [6.07, 6.45) is 5.66. The Morgan fingerprint density at radius 3 is 1.43 bits per heavy atom. The molecule has 0 saturated heterocycles. The van der Waals surface area contributed by atoms with Gasteiger partial charge in [-0.25, -0.2) is 4.39 Å². The Morgan fingerprint density at radius 2 is 1.26 bits per heavy atom. The molecule has 0 N–H and O–H groups in total. The van der Waals surface area contributed by atoms with E-state index in [-0.39, 0.29) is 11.9 Å². The van der Waals surface area contributed by atoms with Gasteiger partial charge in [0.25, 0.3) is 0 Å². The van der Waals surface area contributed by atoms with E-state index in [9.17, 15) is 4.39 Å². The van der Waals surface area contributed by atoms with Gasteiger partial charge in [0.2, 0.25) is 0 Å². The first-order chi connectivity index (χ1) is 11.0. The van der Waals surface area contributed by atoms with Gasteiger partial charge in [0.05, 0.1) is 6.10 Å². The van der Waals surface area contributed by atoms with Gasteiger partial charge in [-0.15, -0.1) is 0 Å². The molecule has 0 aliphatic carbocycles. The topological polar surface area (TPSA) is 9.23 Å². The molecular formula is C21H47FO. The molecule has 0 unspecified atom stereocenters. The zero-order valence-electron chi connectivity index (χ0n) is 18.5. The molecule has 0 heterocycles. The fourth-order valence-electron chi connectivity index (χ4n) is 0.681. The largest absolute Gasteiger partial charge is 0.488 e. The van der Waals surface area contributed by atoms with E-state index < -0.39 is 5.83 Å². The van der Waals surface area contributed by atoms with Gasteiger partial charge in [0.1, 0.15) is 0 Å². The van der Waals surface area contributed by atoms with Gasteiger partial charge in [0.15, 0.2) is 11.6 Å². The van der Waals surface area contributed by atoms with Crippen LogP contribution < -0.4 is 0 Å². The fourth-order valence-corrected chi connectivity index (χ4v) is 0.681. The molecule has 0 aliphatic heterocycles. The second-order valence-corrected chi connectivity index (χ2v) is 3.29. The zero-order valence-corrected chi connectivity index (χ0v) is 18.5. The Morgan fingerprint density at radius 1 is 0.957 bits per heavy atom. The molecular weight excluding hydrogens is 287 g/mol. The highest BCUT2D eigenvalue weighted by atomic mass is 19.1. The third kappa shape index (κ3) is 52.7. The van der Waals surface area contributed by atoms with E-state index in [1.165, 1.54) is 6.42 Å². The van der Waals surface area contributed by atoms with Gasteiger partial charge < -0.3 is 4.74 Å². The molecule has 2 heteroatoms. The molecule has 1 nitrogen and oxygen atoms in total. The predicted octanol–water partition coefficient (Wildman–Crippen LogP) is 8.88. The number of halogens is 1. The van der Waals surface area contributed by atoms with Crippen LogP contribution in [0.4, 0.5) is 4.39 Å². The van der Waals surface area contributed by atoms with Gasteiger partial charge in [-0.3, -0.25) is 0 Å². The maximum Gasteiger partial charge on any atom is 0.164 e. The van der Waals surface area contributed by atoms with Crippen LogP contribution in [0.25, 0.3) is 0 Å². The fraction of sp³-hybridized carbons (Fsp3) is 0.714. The third-order valence-electron chi connectivity index (χ3n) is 1.10. The molecule has 23 heavy (non-hydrogen) atoms. The van der Waals surface area contributed by atoms with E-state index in [2.05, 4.69) is 20.4 Å². The lowest BCUT2D eigenvalue weighted by atomic mass is 10.3. The molecule has 0 rings (SSSR count). The Labute approximate surface area is 148 Å². The Balaban J connectivity index is -0.0000000548. The highest BCUT2D eigenvalue weighted by molar-refractivity contribution is 5.22. The van der Waals surface area contributed by atoms with Gasteiger partial charge in [-0.2, -0.15) is 0 Å². The van der Waals surface area contributed by atoms with Crippen molar-refractivity contribution < 1.29 is 9.13 Å². The molecule has 0 saturated carbocycles. The summed E-state index contributed by atoms with van der Waals surface area (Å²) in [6.45, 7) is 29.1. The van der Waals surface area contributed by atoms with Crippen molar-refractivity contribution >= 4 is 0 Å².